The predicted octanol–water partition coefficient (Wildman–Crippen LogP) is 5.05. The molecule has 1 atom stereocenters. The Balaban J connectivity index is 1.15. The largest absolute Gasteiger partial charge is 0.380 e. The molecule has 4 fully saturated rings. The summed E-state index contributed by atoms with van der Waals surface area (Å²) in [6.45, 7) is 0. The van der Waals surface area contributed by atoms with E-state index in [0.717, 1.165) is 46.0 Å². The summed E-state index contributed by atoms with van der Waals surface area (Å²) in [5.41, 5.74) is 3.18. The number of imidazole rings is 1. The zero-order chi connectivity index (χ0) is 20.9. The van der Waals surface area contributed by atoms with Gasteiger partial charge in [-0.25, -0.2) is 4.98 Å². The van der Waals surface area contributed by atoms with Gasteiger partial charge in [-0.15, -0.1) is 0 Å². The van der Waals surface area contributed by atoms with Gasteiger partial charge in [-0.3, -0.25) is 4.79 Å². The fraction of sp³-hybridized carbons (Fsp3) is 0.462. The number of carbonyl (C=O) groups is 1. The number of H-pyrrole nitrogens is 1. The van der Waals surface area contributed by atoms with Gasteiger partial charge in [0.05, 0.1) is 11.0 Å². The van der Waals surface area contributed by atoms with Gasteiger partial charge in [-0.05, 0) is 85.5 Å². The number of fused-ring (bicyclic) bond motifs is 1. The molecule has 2 aromatic carbocycles. The van der Waals surface area contributed by atoms with E-state index in [2.05, 4.69) is 15.3 Å². The van der Waals surface area contributed by atoms with Crippen LogP contribution in [-0.2, 0) is 4.79 Å². The first kappa shape index (κ1) is 19.1. The molecule has 0 radical (unpaired) electrons. The lowest BCUT2D eigenvalue weighted by molar-refractivity contribution is -0.121. The Bertz CT molecular complexity index is 1080. The van der Waals surface area contributed by atoms with E-state index in [1.165, 1.54) is 32.1 Å². The normalized spacial score (nSPS) is 29.9. The smallest absolute Gasteiger partial charge is 0.224 e. The highest BCUT2D eigenvalue weighted by atomic mass is 16.3. The summed E-state index contributed by atoms with van der Waals surface area (Å²) in [5.74, 6) is 4.60. The number of benzene rings is 2. The molecule has 0 saturated heterocycles. The van der Waals surface area contributed by atoms with Gasteiger partial charge in [0, 0.05) is 12.1 Å². The minimum Gasteiger partial charge on any atom is -0.380 e. The first-order chi connectivity index (χ1) is 15.1. The van der Waals surface area contributed by atoms with Crippen molar-refractivity contribution in [2.75, 3.05) is 5.32 Å². The van der Waals surface area contributed by atoms with Crippen molar-refractivity contribution in [3.63, 3.8) is 0 Å². The Morgan fingerprint density at radius 1 is 1.03 bits per heavy atom. The number of hydrogen-bond donors (Lipinski definition) is 3. The van der Waals surface area contributed by atoms with Crippen molar-refractivity contribution in [2.45, 2.75) is 44.6 Å². The number of anilines is 1. The molecule has 0 aliphatic heterocycles. The Hall–Kier alpha value is -2.66. The molecule has 1 heterocycles. The van der Waals surface area contributed by atoms with Gasteiger partial charge in [-0.2, -0.15) is 0 Å². The van der Waals surface area contributed by atoms with Crippen LogP contribution in [0.15, 0.2) is 48.5 Å². The number of rotatable bonds is 5. The first-order valence-electron chi connectivity index (χ1n) is 11.6. The van der Waals surface area contributed by atoms with Crippen LogP contribution in [0.25, 0.3) is 11.0 Å². The molecular formula is C26H29N3O2. The molecule has 7 rings (SSSR count). The van der Waals surface area contributed by atoms with E-state index in [1.807, 2.05) is 48.5 Å². The molecule has 4 aliphatic carbocycles. The lowest BCUT2D eigenvalue weighted by atomic mass is 9.51. The van der Waals surface area contributed by atoms with Gasteiger partial charge < -0.3 is 15.4 Å². The highest BCUT2D eigenvalue weighted by Gasteiger charge is 2.48. The molecule has 4 saturated carbocycles. The number of carbonyl (C=O) groups excluding carboxylic acids is 1. The van der Waals surface area contributed by atoms with E-state index in [4.69, 9.17) is 0 Å². The van der Waals surface area contributed by atoms with E-state index in [1.54, 1.807) is 0 Å². The number of aliphatic hydroxyl groups excluding tert-OH is 1. The quantitative estimate of drug-likeness (QED) is 0.546. The van der Waals surface area contributed by atoms with Gasteiger partial charge in [0.1, 0.15) is 11.9 Å². The van der Waals surface area contributed by atoms with Crippen LogP contribution >= 0.6 is 0 Å². The van der Waals surface area contributed by atoms with Gasteiger partial charge in [-0.1, -0.05) is 30.3 Å². The Kier molecular flexibility index (Phi) is 4.60. The minimum absolute atomic E-state index is 0.126. The second kappa shape index (κ2) is 7.49. The van der Waals surface area contributed by atoms with Crippen molar-refractivity contribution < 1.29 is 9.90 Å². The standard InChI is InChI=1S/C26H29N3O2/c30-24(14-21-18-9-15-8-16(11-18)12-19(21)10-15)27-20-6-7-22-23(13-20)29-26(28-22)25(31)17-4-2-1-3-5-17/h1-7,13,15-16,18-19,21,25,31H,8-12,14H2,(H,27,30)(H,28,29). The average Bonchev–Trinajstić information content (AvgIpc) is 3.19. The molecule has 5 nitrogen and oxygen atoms in total. The number of aromatic amines is 1. The zero-order valence-corrected chi connectivity index (χ0v) is 17.6. The van der Waals surface area contributed by atoms with Crippen molar-refractivity contribution in [1.82, 2.24) is 9.97 Å². The van der Waals surface area contributed by atoms with Crippen LogP contribution in [0.1, 0.15) is 56.0 Å². The third-order valence-electron chi connectivity index (χ3n) is 8.00. The molecule has 4 bridgehead atoms. The third-order valence-corrected chi connectivity index (χ3v) is 8.00. The lowest BCUT2D eigenvalue weighted by Crippen LogP contribution is -2.46. The van der Waals surface area contributed by atoms with E-state index >= 15 is 0 Å². The fourth-order valence-corrected chi connectivity index (χ4v) is 6.83. The van der Waals surface area contributed by atoms with Crippen LogP contribution in [0.3, 0.4) is 0 Å². The predicted molar refractivity (Wildman–Crippen MR) is 120 cm³/mol. The van der Waals surface area contributed by atoms with Crippen LogP contribution in [-0.4, -0.2) is 21.0 Å². The summed E-state index contributed by atoms with van der Waals surface area (Å²) in [6.07, 6.45) is 6.67. The fourth-order valence-electron chi connectivity index (χ4n) is 6.83. The first-order valence-corrected chi connectivity index (χ1v) is 11.6. The molecule has 3 aromatic rings. The lowest BCUT2D eigenvalue weighted by Gasteiger charge is -2.54. The number of aromatic nitrogens is 2. The average molecular weight is 416 g/mol. The summed E-state index contributed by atoms with van der Waals surface area (Å²) >= 11 is 0. The molecule has 1 amide bonds. The van der Waals surface area contributed by atoms with E-state index in [9.17, 15) is 9.90 Å². The van der Waals surface area contributed by atoms with E-state index in [0.29, 0.717) is 18.2 Å². The van der Waals surface area contributed by atoms with Crippen LogP contribution < -0.4 is 5.32 Å². The van der Waals surface area contributed by atoms with Crippen LogP contribution in [0, 0.1) is 29.6 Å². The van der Waals surface area contributed by atoms with E-state index < -0.39 is 6.10 Å². The number of aliphatic hydroxyl groups is 1. The van der Waals surface area contributed by atoms with Crippen molar-refractivity contribution in [2.24, 2.45) is 29.6 Å². The Morgan fingerprint density at radius 3 is 2.45 bits per heavy atom. The van der Waals surface area contributed by atoms with Crippen molar-refractivity contribution >= 4 is 22.6 Å². The maximum Gasteiger partial charge on any atom is 0.224 e. The van der Waals surface area contributed by atoms with Crippen LogP contribution in [0.4, 0.5) is 5.69 Å². The summed E-state index contributed by atoms with van der Waals surface area (Å²) in [6, 6.07) is 15.2. The highest BCUT2D eigenvalue weighted by molar-refractivity contribution is 5.93. The monoisotopic (exact) mass is 415 g/mol. The molecule has 3 N–H and O–H groups in total. The molecule has 0 spiro atoms. The number of amides is 1. The van der Waals surface area contributed by atoms with Crippen LogP contribution in [0.2, 0.25) is 0 Å². The molecule has 5 heteroatoms. The Labute approximate surface area is 182 Å². The number of nitrogens with zero attached hydrogens (tertiary/aromatic N) is 1. The van der Waals surface area contributed by atoms with Gasteiger partial charge in [0.25, 0.3) is 0 Å². The van der Waals surface area contributed by atoms with Crippen molar-refractivity contribution in [3.05, 3.63) is 59.9 Å². The molecule has 4 aliphatic rings. The van der Waals surface area contributed by atoms with Gasteiger partial charge >= 0.3 is 0 Å². The topological polar surface area (TPSA) is 78.0 Å². The van der Waals surface area contributed by atoms with Crippen molar-refractivity contribution in [3.8, 4) is 0 Å². The maximum absolute atomic E-state index is 12.9. The molecule has 1 aromatic heterocycles. The number of nitrogens with one attached hydrogen (secondary N) is 2. The van der Waals surface area contributed by atoms with Gasteiger partial charge in [0.15, 0.2) is 0 Å². The maximum atomic E-state index is 12.9. The highest BCUT2D eigenvalue weighted by Crippen LogP contribution is 2.57. The molecule has 160 valence electrons. The summed E-state index contributed by atoms with van der Waals surface area (Å²) in [5, 5.41) is 13.7. The second-order valence-electron chi connectivity index (χ2n) is 10.0. The SMILES string of the molecule is O=C(CC1C2CC3CC(C2)CC1C3)Nc1ccc2nc(C(O)c3ccccc3)[nH]c2c1. The zero-order valence-electron chi connectivity index (χ0n) is 17.6. The molecule has 31 heavy (non-hydrogen) atoms. The van der Waals surface area contributed by atoms with Crippen molar-refractivity contribution in [1.29, 1.82) is 0 Å². The Morgan fingerprint density at radius 2 is 1.74 bits per heavy atom. The minimum atomic E-state index is -0.802. The molecular weight excluding hydrogens is 386 g/mol. The third kappa shape index (κ3) is 3.55. The summed E-state index contributed by atoms with van der Waals surface area (Å²) in [4.78, 5) is 20.6. The molecule has 1 unspecified atom stereocenters. The van der Waals surface area contributed by atoms with E-state index in [-0.39, 0.29) is 5.91 Å². The second-order valence-corrected chi connectivity index (χ2v) is 10.0. The van der Waals surface area contributed by atoms with Crippen LogP contribution in [0.5, 0.6) is 0 Å². The number of hydrogen-bond acceptors (Lipinski definition) is 3. The summed E-state index contributed by atoms with van der Waals surface area (Å²) in [7, 11) is 0. The van der Waals surface area contributed by atoms with Gasteiger partial charge in [0.2, 0.25) is 5.91 Å². The summed E-state index contributed by atoms with van der Waals surface area (Å²) < 4.78 is 0.